The van der Waals surface area contributed by atoms with E-state index in [0.717, 1.165) is 49.7 Å². The predicted octanol–water partition coefficient (Wildman–Crippen LogP) is 3.70. The molecule has 2 amide bonds. The zero-order valence-corrected chi connectivity index (χ0v) is 15.8. The zero-order valence-electron chi connectivity index (χ0n) is 15.0. The summed E-state index contributed by atoms with van der Waals surface area (Å²) in [4.78, 5) is 25.5. The monoisotopic (exact) mass is 372 g/mol. The second kappa shape index (κ2) is 8.36. The summed E-state index contributed by atoms with van der Waals surface area (Å²) in [6.07, 6.45) is 5.94. The molecule has 0 saturated heterocycles. The third-order valence-corrected chi connectivity index (χ3v) is 5.84. The number of fused-ring (bicyclic) bond motifs is 1. The van der Waals surface area contributed by atoms with Crippen molar-refractivity contribution in [2.24, 2.45) is 5.73 Å². The van der Waals surface area contributed by atoms with Crippen LogP contribution in [0.5, 0.6) is 5.75 Å². The molecule has 26 heavy (non-hydrogen) atoms. The van der Waals surface area contributed by atoms with Crippen molar-refractivity contribution in [3.8, 4) is 5.75 Å². The quantitative estimate of drug-likeness (QED) is 0.759. The van der Waals surface area contributed by atoms with Gasteiger partial charge in [-0.2, -0.15) is 0 Å². The number of anilines is 1. The molecule has 1 aliphatic carbocycles. The van der Waals surface area contributed by atoms with Crippen LogP contribution in [0.25, 0.3) is 0 Å². The molecular weight excluding hydrogens is 348 g/mol. The van der Waals surface area contributed by atoms with E-state index in [2.05, 4.69) is 5.32 Å². The van der Waals surface area contributed by atoms with Crippen molar-refractivity contribution in [1.29, 1.82) is 0 Å². The number of ether oxygens (including phenoxy) is 1. The number of primary amides is 1. The highest BCUT2D eigenvalue weighted by molar-refractivity contribution is 7.17. The Morgan fingerprint density at radius 2 is 1.96 bits per heavy atom. The second-order valence-electron chi connectivity index (χ2n) is 6.43. The normalized spacial score (nSPS) is 13.6. The van der Waals surface area contributed by atoms with Crippen LogP contribution in [0.1, 0.15) is 52.5 Å². The van der Waals surface area contributed by atoms with Gasteiger partial charge in [0.1, 0.15) is 10.8 Å². The van der Waals surface area contributed by atoms with E-state index in [1.54, 1.807) is 0 Å². The Morgan fingerprint density at radius 3 is 2.73 bits per heavy atom. The fraction of sp³-hybridized carbons (Fsp3) is 0.400. The summed E-state index contributed by atoms with van der Waals surface area (Å²) in [6.45, 7) is 1.94. The molecule has 3 N–H and O–H groups in total. The third kappa shape index (κ3) is 4.07. The van der Waals surface area contributed by atoms with Crippen molar-refractivity contribution in [3.63, 3.8) is 0 Å². The van der Waals surface area contributed by atoms with Crippen LogP contribution in [0.2, 0.25) is 0 Å². The number of rotatable bonds is 6. The summed E-state index contributed by atoms with van der Waals surface area (Å²) in [5.74, 6) is -0.0472. The molecule has 1 aromatic heterocycles. The molecule has 2 aromatic rings. The number of hydrogen-bond acceptors (Lipinski definition) is 4. The summed E-state index contributed by atoms with van der Waals surface area (Å²) in [7, 11) is 0. The number of benzene rings is 1. The fourth-order valence-corrected chi connectivity index (χ4v) is 4.64. The maximum atomic E-state index is 12.4. The van der Waals surface area contributed by atoms with Crippen molar-refractivity contribution in [3.05, 3.63) is 45.8 Å². The van der Waals surface area contributed by atoms with Gasteiger partial charge < -0.3 is 15.8 Å². The summed E-state index contributed by atoms with van der Waals surface area (Å²) in [6, 6.07) is 7.67. The van der Waals surface area contributed by atoms with E-state index in [9.17, 15) is 9.59 Å². The Bertz CT molecular complexity index is 813. The Hall–Kier alpha value is -2.34. The number of nitrogens with one attached hydrogen (secondary N) is 1. The highest BCUT2D eigenvalue weighted by Gasteiger charge is 2.24. The van der Waals surface area contributed by atoms with Gasteiger partial charge in [-0.1, -0.05) is 31.5 Å². The molecule has 0 saturated carbocycles. The molecule has 0 spiro atoms. The summed E-state index contributed by atoms with van der Waals surface area (Å²) in [5.41, 5.74) is 8.16. The maximum absolute atomic E-state index is 12.4. The Labute approximate surface area is 157 Å². The topological polar surface area (TPSA) is 81.4 Å². The van der Waals surface area contributed by atoms with Gasteiger partial charge in [-0.3, -0.25) is 9.59 Å². The lowest BCUT2D eigenvalue weighted by Crippen LogP contribution is -2.22. The van der Waals surface area contributed by atoms with Gasteiger partial charge in [0.25, 0.3) is 11.8 Å². The maximum Gasteiger partial charge on any atom is 0.262 e. The third-order valence-electron chi connectivity index (χ3n) is 4.63. The minimum atomic E-state index is -0.475. The van der Waals surface area contributed by atoms with E-state index in [1.165, 1.54) is 16.2 Å². The van der Waals surface area contributed by atoms with Crippen LogP contribution in [-0.2, 0) is 24.1 Å². The molecule has 1 aromatic carbocycles. The molecule has 138 valence electrons. The van der Waals surface area contributed by atoms with Crippen molar-refractivity contribution >= 4 is 28.2 Å². The fourth-order valence-electron chi connectivity index (χ4n) is 3.33. The van der Waals surface area contributed by atoms with E-state index < -0.39 is 5.91 Å². The smallest absolute Gasteiger partial charge is 0.262 e. The van der Waals surface area contributed by atoms with Crippen molar-refractivity contribution < 1.29 is 14.3 Å². The van der Waals surface area contributed by atoms with Crippen molar-refractivity contribution in [2.45, 2.75) is 45.4 Å². The van der Waals surface area contributed by atoms with Crippen LogP contribution in [0.4, 0.5) is 5.00 Å². The van der Waals surface area contributed by atoms with Gasteiger partial charge in [0.2, 0.25) is 0 Å². The minimum Gasteiger partial charge on any atom is -0.483 e. The van der Waals surface area contributed by atoms with Gasteiger partial charge in [0.05, 0.1) is 5.56 Å². The molecular formula is C20H24N2O3S. The van der Waals surface area contributed by atoms with Gasteiger partial charge in [-0.05, 0) is 49.3 Å². The number of nitrogens with two attached hydrogens (primary N) is 1. The van der Waals surface area contributed by atoms with Gasteiger partial charge >= 0.3 is 0 Å². The van der Waals surface area contributed by atoms with Crippen LogP contribution in [0.3, 0.4) is 0 Å². The molecule has 1 heterocycles. The van der Waals surface area contributed by atoms with Crippen LogP contribution in [0, 0.1) is 0 Å². The van der Waals surface area contributed by atoms with E-state index in [1.807, 2.05) is 31.2 Å². The first-order valence-corrected chi connectivity index (χ1v) is 9.86. The van der Waals surface area contributed by atoms with E-state index in [4.69, 9.17) is 10.5 Å². The van der Waals surface area contributed by atoms with E-state index >= 15 is 0 Å². The molecule has 0 unspecified atom stereocenters. The number of carbonyl (C=O) groups is 2. The lowest BCUT2D eigenvalue weighted by atomic mass is 10.1. The minimum absolute atomic E-state index is 0.0994. The predicted molar refractivity (Wildman–Crippen MR) is 104 cm³/mol. The lowest BCUT2D eigenvalue weighted by Gasteiger charge is -2.10. The average Bonchev–Trinajstić information content (AvgIpc) is 2.81. The largest absolute Gasteiger partial charge is 0.483 e. The molecule has 0 atom stereocenters. The van der Waals surface area contributed by atoms with Gasteiger partial charge in [-0.25, -0.2) is 0 Å². The summed E-state index contributed by atoms with van der Waals surface area (Å²) < 4.78 is 5.66. The number of carbonyl (C=O) groups excluding carboxylic acids is 2. The van der Waals surface area contributed by atoms with Crippen molar-refractivity contribution in [1.82, 2.24) is 0 Å². The number of aryl methyl sites for hydroxylation is 2. The zero-order chi connectivity index (χ0) is 18.5. The van der Waals surface area contributed by atoms with Gasteiger partial charge in [0, 0.05) is 4.88 Å². The van der Waals surface area contributed by atoms with Crippen LogP contribution >= 0.6 is 11.3 Å². The highest BCUT2D eigenvalue weighted by atomic mass is 32.1. The number of hydrogen-bond donors (Lipinski definition) is 2. The second-order valence-corrected chi connectivity index (χ2v) is 7.54. The molecule has 3 rings (SSSR count). The first-order valence-electron chi connectivity index (χ1n) is 9.05. The molecule has 5 nitrogen and oxygen atoms in total. The van der Waals surface area contributed by atoms with Crippen LogP contribution in [-0.4, -0.2) is 18.4 Å². The van der Waals surface area contributed by atoms with E-state index in [0.29, 0.717) is 16.3 Å². The SMILES string of the molecule is CCc1ccccc1OCC(=O)Nc1sc2c(c1C(N)=O)CCCCC2. The van der Waals surface area contributed by atoms with Crippen LogP contribution < -0.4 is 15.8 Å². The molecule has 0 fully saturated rings. The first-order chi connectivity index (χ1) is 12.6. The number of thiophene rings is 1. The Kier molecular flexibility index (Phi) is 5.93. The molecule has 0 radical (unpaired) electrons. The highest BCUT2D eigenvalue weighted by Crippen LogP contribution is 2.37. The van der Waals surface area contributed by atoms with Crippen molar-refractivity contribution in [2.75, 3.05) is 11.9 Å². The van der Waals surface area contributed by atoms with Crippen LogP contribution in [0.15, 0.2) is 24.3 Å². The molecule has 6 heteroatoms. The number of para-hydroxylation sites is 1. The summed E-state index contributed by atoms with van der Waals surface area (Å²) >= 11 is 1.47. The average molecular weight is 372 g/mol. The van der Waals surface area contributed by atoms with Gasteiger partial charge in [0.15, 0.2) is 6.61 Å². The molecule has 0 aliphatic heterocycles. The Balaban J connectivity index is 1.72. The molecule has 0 bridgehead atoms. The first kappa shape index (κ1) is 18.5. The van der Waals surface area contributed by atoms with E-state index in [-0.39, 0.29) is 12.5 Å². The lowest BCUT2D eigenvalue weighted by molar-refractivity contribution is -0.118. The van der Waals surface area contributed by atoms with Gasteiger partial charge in [-0.15, -0.1) is 11.3 Å². The molecule has 1 aliphatic rings. The Morgan fingerprint density at radius 1 is 1.19 bits per heavy atom. The number of amides is 2. The standard InChI is InChI=1S/C20H24N2O3S/c1-2-13-8-6-7-10-15(13)25-12-17(23)22-20-18(19(21)24)14-9-4-3-5-11-16(14)26-20/h6-8,10H,2-5,9,11-12H2,1H3,(H2,21,24)(H,22,23). The summed E-state index contributed by atoms with van der Waals surface area (Å²) in [5, 5.41) is 3.39.